The predicted octanol–water partition coefficient (Wildman–Crippen LogP) is 0.196. The molecule has 1 rings (SSSR count). The van der Waals surface area contributed by atoms with E-state index in [2.05, 4.69) is 23.3 Å². The van der Waals surface area contributed by atoms with E-state index in [9.17, 15) is 19.5 Å². The molecular formula is C17H25N3O4S. The molecule has 138 valence electrons. The summed E-state index contributed by atoms with van der Waals surface area (Å²) in [6.07, 6.45) is 0.150. The van der Waals surface area contributed by atoms with E-state index in [1.54, 1.807) is 38.1 Å². The van der Waals surface area contributed by atoms with Crippen molar-refractivity contribution in [2.75, 3.05) is 5.75 Å². The summed E-state index contributed by atoms with van der Waals surface area (Å²) in [5, 5.41) is 14.4. The maximum absolute atomic E-state index is 12.5. The van der Waals surface area contributed by atoms with Crippen LogP contribution < -0.4 is 16.4 Å². The molecule has 0 unspecified atom stereocenters. The van der Waals surface area contributed by atoms with Crippen molar-refractivity contribution in [2.45, 2.75) is 38.4 Å². The SMILES string of the molecule is CC(C)[C@H](NC(=O)[C@@H](N)CS)C(=O)N[C@@H](Cc1ccccc1)C(=O)O. The summed E-state index contributed by atoms with van der Waals surface area (Å²) in [6.45, 7) is 3.51. The van der Waals surface area contributed by atoms with Gasteiger partial charge in [-0.15, -0.1) is 0 Å². The quantitative estimate of drug-likeness (QED) is 0.399. The molecule has 0 aliphatic heterocycles. The first-order chi connectivity index (χ1) is 11.8. The van der Waals surface area contributed by atoms with Crippen LogP contribution in [0.5, 0.6) is 0 Å². The molecule has 1 aromatic rings. The number of carbonyl (C=O) groups is 3. The van der Waals surface area contributed by atoms with Gasteiger partial charge in [0.1, 0.15) is 12.1 Å². The smallest absolute Gasteiger partial charge is 0.326 e. The van der Waals surface area contributed by atoms with Gasteiger partial charge >= 0.3 is 5.97 Å². The topological polar surface area (TPSA) is 122 Å². The molecule has 7 nitrogen and oxygen atoms in total. The van der Waals surface area contributed by atoms with Crippen LogP contribution in [-0.4, -0.2) is 46.8 Å². The zero-order valence-electron chi connectivity index (χ0n) is 14.3. The van der Waals surface area contributed by atoms with Gasteiger partial charge in [0.05, 0.1) is 6.04 Å². The fourth-order valence-electron chi connectivity index (χ4n) is 2.19. The van der Waals surface area contributed by atoms with E-state index in [0.29, 0.717) is 0 Å². The molecule has 2 amide bonds. The molecule has 3 atom stereocenters. The van der Waals surface area contributed by atoms with Crippen molar-refractivity contribution < 1.29 is 19.5 Å². The van der Waals surface area contributed by atoms with E-state index in [4.69, 9.17) is 5.73 Å². The second kappa shape index (κ2) is 10.0. The Kier molecular flexibility index (Phi) is 8.44. The van der Waals surface area contributed by atoms with Crippen LogP contribution in [-0.2, 0) is 20.8 Å². The summed E-state index contributed by atoms with van der Waals surface area (Å²) in [6, 6.07) is 6.19. The van der Waals surface area contributed by atoms with Crippen molar-refractivity contribution in [1.82, 2.24) is 10.6 Å². The molecule has 0 aliphatic carbocycles. The number of aliphatic carboxylic acids is 1. The summed E-state index contributed by atoms with van der Waals surface area (Å²) in [4.78, 5) is 35.9. The standard InChI is InChI=1S/C17H25N3O4S/c1-10(2)14(20-15(21)12(18)9-25)16(22)19-13(17(23)24)8-11-6-4-3-5-7-11/h3-7,10,12-14,25H,8-9,18H2,1-2H3,(H,19,22)(H,20,21)(H,23,24)/t12-,13-,14-/m0/s1. The van der Waals surface area contributed by atoms with Crippen molar-refractivity contribution >= 4 is 30.4 Å². The Labute approximate surface area is 152 Å². The van der Waals surface area contributed by atoms with Crippen LogP contribution in [0.3, 0.4) is 0 Å². The third-order valence-electron chi connectivity index (χ3n) is 3.68. The fraction of sp³-hybridized carbons (Fsp3) is 0.471. The van der Waals surface area contributed by atoms with Gasteiger partial charge in [-0.25, -0.2) is 4.79 Å². The summed E-state index contributed by atoms with van der Waals surface area (Å²) in [5.74, 6) is -2.29. The minimum Gasteiger partial charge on any atom is -0.480 e. The van der Waals surface area contributed by atoms with Gasteiger partial charge in [0.25, 0.3) is 0 Å². The van der Waals surface area contributed by atoms with E-state index < -0.39 is 35.9 Å². The van der Waals surface area contributed by atoms with Crippen LogP contribution >= 0.6 is 12.6 Å². The van der Waals surface area contributed by atoms with Gasteiger partial charge < -0.3 is 21.5 Å². The summed E-state index contributed by atoms with van der Waals surface area (Å²) < 4.78 is 0. The molecule has 25 heavy (non-hydrogen) atoms. The van der Waals surface area contributed by atoms with Gasteiger partial charge in [0.15, 0.2) is 0 Å². The Balaban J connectivity index is 2.81. The number of hydrogen-bond acceptors (Lipinski definition) is 5. The molecule has 0 fully saturated rings. The Morgan fingerprint density at radius 2 is 1.72 bits per heavy atom. The molecular weight excluding hydrogens is 342 g/mol. The van der Waals surface area contributed by atoms with Crippen LogP contribution in [0.1, 0.15) is 19.4 Å². The number of rotatable bonds is 9. The number of carboxylic acids is 1. The van der Waals surface area contributed by atoms with Gasteiger partial charge in [-0.1, -0.05) is 44.2 Å². The molecule has 0 saturated carbocycles. The summed E-state index contributed by atoms with van der Waals surface area (Å²) in [7, 11) is 0. The Hall–Kier alpha value is -2.06. The zero-order valence-corrected chi connectivity index (χ0v) is 15.2. The van der Waals surface area contributed by atoms with Crippen molar-refractivity contribution in [3.8, 4) is 0 Å². The first kappa shape index (κ1) is 21.0. The molecule has 0 spiro atoms. The van der Waals surface area contributed by atoms with Gasteiger partial charge in [-0.2, -0.15) is 12.6 Å². The van der Waals surface area contributed by atoms with Gasteiger partial charge in [-0.3, -0.25) is 9.59 Å². The lowest BCUT2D eigenvalue weighted by molar-refractivity contribution is -0.142. The van der Waals surface area contributed by atoms with E-state index in [-0.39, 0.29) is 18.1 Å². The van der Waals surface area contributed by atoms with Crippen LogP contribution in [0.15, 0.2) is 30.3 Å². The van der Waals surface area contributed by atoms with Crippen molar-refractivity contribution in [3.63, 3.8) is 0 Å². The number of nitrogens with two attached hydrogens (primary N) is 1. The number of benzene rings is 1. The fourth-order valence-corrected chi connectivity index (χ4v) is 2.36. The normalized spacial score (nSPS) is 14.4. The lowest BCUT2D eigenvalue weighted by atomic mass is 10.0. The lowest BCUT2D eigenvalue weighted by Crippen LogP contribution is -2.56. The van der Waals surface area contributed by atoms with Crippen LogP contribution in [0.2, 0.25) is 0 Å². The van der Waals surface area contributed by atoms with Crippen LogP contribution in [0.4, 0.5) is 0 Å². The third kappa shape index (κ3) is 6.75. The molecule has 0 bridgehead atoms. The summed E-state index contributed by atoms with van der Waals surface area (Å²) in [5.41, 5.74) is 6.39. The van der Waals surface area contributed by atoms with Crippen molar-refractivity contribution in [3.05, 3.63) is 35.9 Å². The Bertz CT molecular complexity index is 595. The zero-order chi connectivity index (χ0) is 19.0. The molecule has 8 heteroatoms. The second-order valence-electron chi connectivity index (χ2n) is 6.11. The average Bonchev–Trinajstić information content (AvgIpc) is 2.58. The number of carboxylic acid groups (broad SMARTS) is 1. The minimum atomic E-state index is -1.14. The highest BCUT2D eigenvalue weighted by atomic mass is 32.1. The average molecular weight is 367 g/mol. The third-order valence-corrected chi connectivity index (χ3v) is 4.07. The highest BCUT2D eigenvalue weighted by Crippen LogP contribution is 2.07. The molecule has 5 N–H and O–H groups in total. The number of amides is 2. The summed E-state index contributed by atoms with van der Waals surface area (Å²) >= 11 is 3.95. The molecule has 0 saturated heterocycles. The Morgan fingerprint density at radius 1 is 1.12 bits per heavy atom. The van der Waals surface area contributed by atoms with Crippen molar-refractivity contribution in [1.29, 1.82) is 0 Å². The van der Waals surface area contributed by atoms with E-state index in [1.807, 2.05) is 6.07 Å². The number of nitrogens with one attached hydrogen (secondary N) is 2. The predicted molar refractivity (Wildman–Crippen MR) is 98.3 cm³/mol. The first-order valence-electron chi connectivity index (χ1n) is 8.00. The molecule has 0 aliphatic rings. The molecule has 1 aromatic carbocycles. The number of thiol groups is 1. The van der Waals surface area contributed by atoms with E-state index in [0.717, 1.165) is 5.56 Å². The van der Waals surface area contributed by atoms with E-state index in [1.165, 1.54) is 0 Å². The molecule has 0 radical (unpaired) electrons. The first-order valence-corrected chi connectivity index (χ1v) is 8.63. The second-order valence-corrected chi connectivity index (χ2v) is 6.47. The van der Waals surface area contributed by atoms with Gasteiger partial charge in [0.2, 0.25) is 11.8 Å². The van der Waals surface area contributed by atoms with Gasteiger partial charge in [-0.05, 0) is 11.5 Å². The van der Waals surface area contributed by atoms with Crippen molar-refractivity contribution in [2.24, 2.45) is 11.7 Å². The minimum absolute atomic E-state index is 0.143. The largest absolute Gasteiger partial charge is 0.480 e. The monoisotopic (exact) mass is 367 g/mol. The lowest BCUT2D eigenvalue weighted by Gasteiger charge is -2.25. The highest BCUT2D eigenvalue weighted by molar-refractivity contribution is 7.80. The maximum atomic E-state index is 12.5. The molecule has 0 heterocycles. The Morgan fingerprint density at radius 3 is 2.20 bits per heavy atom. The van der Waals surface area contributed by atoms with Crippen LogP contribution in [0.25, 0.3) is 0 Å². The maximum Gasteiger partial charge on any atom is 0.326 e. The number of hydrogen-bond donors (Lipinski definition) is 5. The number of carbonyl (C=O) groups excluding carboxylic acids is 2. The highest BCUT2D eigenvalue weighted by Gasteiger charge is 2.29. The van der Waals surface area contributed by atoms with Crippen LogP contribution in [0, 0.1) is 5.92 Å². The molecule has 0 aromatic heterocycles. The van der Waals surface area contributed by atoms with E-state index >= 15 is 0 Å². The van der Waals surface area contributed by atoms with Gasteiger partial charge in [0, 0.05) is 12.2 Å².